The summed E-state index contributed by atoms with van der Waals surface area (Å²) in [7, 11) is 0. The van der Waals surface area contributed by atoms with Crippen LogP contribution in [0.2, 0.25) is 0 Å². The third kappa shape index (κ3) is 6.55. The lowest BCUT2D eigenvalue weighted by Gasteiger charge is -2.20. The minimum absolute atomic E-state index is 0.000900. The molecule has 69 heavy (non-hydrogen) atoms. The zero-order valence-corrected chi connectivity index (χ0v) is 35.3. The molecule has 0 bridgehead atoms. The predicted octanol–water partition coefficient (Wildman–Crippen LogP) is 11.9. The summed E-state index contributed by atoms with van der Waals surface area (Å²) in [4.78, 5) is 35.5. The highest BCUT2D eigenvalue weighted by atomic mass is 19.2. The lowest BCUT2D eigenvalue weighted by molar-refractivity contribution is 0.381. The van der Waals surface area contributed by atoms with Crippen LogP contribution in [0.15, 0.2) is 159 Å². The van der Waals surface area contributed by atoms with E-state index in [1.54, 1.807) is 132 Å². The van der Waals surface area contributed by atoms with Crippen molar-refractivity contribution in [3.8, 4) is 74.1 Å². The molecule has 6 aromatic carbocycles. The average molecular weight is 912 g/mol. The number of aromatic nitrogens is 10. The lowest BCUT2D eigenvalue weighted by atomic mass is 9.97. The van der Waals surface area contributed by atoms with Crippen molar-refractivity contribution in [3.63, 3.8) is 0 Å². The molecule has 0 aliphatic heterocycles. The number of halogens is 5. The first kappa shape index (κ1) is 40.9. The summed E-state index contributed by atoms with van der Waals surface area (Å²) < 4.78 is 82.4. The molecule has 12 rings (SSSR count). The Morgan fingerprint density at radius 1 is 0.362 bits per heavy atom. The highest BCUT2D eigenvalue weighted by Crippen LogP contribution is 2.45. The Hall–Kier alpha value is -9.62. The van der Waals surface area contributed by atoms with Gasteiger partial charge in [0.15, 0.2) is 46.6 Å². The van der Waals surface area contributed by atoms with Gasteiger partial charge in [0, 0.05) is 98.9 Å². The standard InChI is InChI=1S/C53H26F5N11/c54-45-44(46(55)48(57)49(58)47(45)56)37-26-42(68-38-9-5-28(50-60-13-1-14-61-50)21-33(38)34-22-29(6-10-39(34)68)51-62-15-2-16-63-51)32(27-59)25-43(37)69-40-11-7-30(52-64-17-3-18-65-52)23-35(40)36-24-31(8-12-41(36)69)53-66-19-4-20-67-53/h1-26H. The molecule has 12 aromatic rings. The molecule has 328 valence electrons. The number of nitrogens with zero attached hydrogens (tertiary/aromatic N) is 11. The van der Waals surface area contributed by atoms with E-state index in [9.17, 15) is 9.65 Å². The molecule has 6 aromatic heterocycles. The van der Waals surface area contributed by atoms with Crippen molar-refractivity contribution in [2.24, 2.45) is 0 Å². The van der Waals surface area contributed by atoms with Crippen molar-refractivity contribution >= 4 is 43.6 Å². The Kier molecular flexibility index (Phi) is 9.51. The topological polar surface area (TPSA) is 137 Å². The highest BCUT2D eigenvalue weighted by Gasteiger charge is 2.31. The first-order chi connectivity index (χ1) is 33.8. The van der Waals surface area contributed by atoms with Crippen LogP contribution in [0.1, 0.15) is 5.56 Å². The van der Waals surface area contributed by atoms with E-state index >= 15 is 17.6 Å². The van der Waals surface area contributed by atoms with Crippen molar-refractivity contribution in [2.75, 3.05) is 0 Å². The third-order valence-electron chi connectivity index (χ3n) is 12.0. The van der Waals surface area contributed by atoms with Crippen molar-refractivity contribution < 1.29 is 22.0 Å². The largest absolute Gasteiger partial charge is 0.309 e. The van der Waals surface area contributed by atoms with E-state index < -0.39 is 40.2 Å². The first-order valence-electron chi connectivity index (χ1n) is 21.1. The predicted molar refractivity (Wildman–Crippen MR) is 249 cm³/mol. The normalized spacial score (nSPS) is 11.5. The van der Waals surface area contributed by atoms with E-state index in [0.717, 1.165) is 0 Å². The summed E-state index contributed by atoms with van der Waals surface area (Å²) in [5, 5.41) is 13.7. The Labute approximate surface area is 386 Å². The van der Waals surface area contributed by atoms with Gasteiger partial charge in [-0.2, -0.15) is 5.26 Å². The Bertz CT molecular complexity index is 3860. The Balaban J connectivity index is 1.19. The molecule has 0 fully saturated rings. The molecule has 16 heteroatoms. The van der Waals surface area contributed by atoms with Crippen LogP contribution in [-0.4, -0.2) is 49.0 Å². The summed E-state index contributed by atoms with van der Waals surface area (Å²) in [5.41, 5.74) is 3.01. The first-order valence-corrected chi connectivity index (χ1v) is 21.1. The number of fused-ring (bicyclic) bond motifs is 6. The van der Waals surface area contributed by atoms with Crippen LogP contribution in [0.25, 0.3) is 112 Å². The summed E-state index contributed by atoms with van der Waals surface area (Å²) in [5.74, 6) is -8.98. The highest BCUT2D eigenvalue weighted by molar-refractivity contribution is 6.13. The van der Waals surface area contributed by atoms with Crippen molar-refractivity contribution in [3.05, 3.63) is 193 Å². The maximum absolute atomic E-state index is 16.5. The van der Waals surface area contributed by atoms with Crippen LogP contribution in [0.3, 0.4) is 0 Å². The Morgan fingerprint density at radius 3 is 0.986 bits per heavy atom. The second kappa shape index (κ2) is 16.1. The maximum Gasteiger partial charge on any atom is 0.200 e. The van der Waals surface area contributed by atoms with Gasteiger partial charge in [0.25, 0.3) is 0 Å². The van der Waals surface area contributed by atoms with Gasteiger partial charge < -0.3 is 9.13 Å². The molecule has 0 saturated carbocycles. The fraction of sp³-hybridized carbons (Fsp3) is 0. The fourth-order valence-corrected chi connectivity index (χ4v) is 8.99. The molecule has 0 amide bonds. The van der Waals surface area contributed by atoms with E-state index in [1.165, 1.54) is 12.1 Å². The molecule has 0 unspecified atom stereocenters. The molecular weight excluding hydrogens is 886 g/mol. The number of nitriles is 1. The summed E-state index contributed by atoms with van der Waals surface area (Å²) in [6, 6.07) is 33.4. The zero-order valence-electron chi connectivity index (χ0n) is 35.3. The Morgan fingerprint density at radius 2 is 0.667 bits per heavy atom. The van der Waals surface area contributed by atoms with Crippen molar-refractivity contribution in [1.82, 2.24) is 49.0 Å². The monoisotopic (exact) mass is 911 g/mol. The summed E-state index contributed by atoms with van der Waals surface area (Å²) >= 11 is 0. The summed E-state index contributed by atoms with van der Waals surface area (Å²) in [6.07, 6.45) is 12.9. The zero-order chi connectivity index (χ0) is 46.9. The van der Waals surface area contributed by atoms with Crippen LogP contribution >= 0.6 is 0 Å². The number of rotatable bonds is 7. The van der Waals surface area contributed by atoms with E-state index in [2.05, 4.69) is 45.9 Å². The molecule has 0 spiro atoms. The van der Waals surface area contributed by atoms with Gasteiger partial charge in [-0.05, 0) is 109 Å². The average Bonchev–Trinajstić information content (AvgIpc) is 3.91. The van der Waals surface area contributed by atoms with Gasteiger partial charge in [0.05, 0.1) is 44.6 Å². The van der Waals surface area contributed by atoms with Crippen LogP contribution in [-0.2, 0) is 0 Å². The molecule has 0 aliphatic rings. The molecule has 0 N–H and O–H groups in total. The quantitative estimate of drug-likeness (QED) is 0.0869. The van der Waals surface area contributed by atoms with Crippen LogP contribution < -0.4 is 0 Å². The number of hydrogen-bond donors (Lipinski definition) is 0. The minimum Gasteiger partial charge on any atom is -0.309 e. The SMILES string of the molecule is N#Cc1cc(-n2c3ccc(-c4ncccn4)cc3c3cc(-c4ncccn4)ccc32)c(-c2c(F)c(F)c(F)c(F)c2F)cc1-n1c2ccc(-c3ncccn3)cc2c2cc(-c3ncccn3)ccc21. The van der Waals surface area contributed by atoms with Gasteiger partial charge in [0.2, 0.25) is 5.82 Å². The third-order valence-corrected chi connectivity index (χ3v) is 12.0. The molecule has 0 saturated heterocycles. The summed E-state index contributed by atoms with van der Waals surface area (Å²) in [6.45, 7) is 0. The van der Waals surface area contributed by atoms with Crippen LogP contribution in [0, 0.1) is 40.4 Å². The maximum atomic E-state index is 16.5. The molecule has 0 atom stereocenters. The van der Waals surface area contributed by atoms with Gasteiger partial charge in [0.1, 0.15) is 6.07 Å². The van der Waals surface area contributed by atoms with Gasteiger partial charge in [-0.1, -0.05) is 0 Å². The van der Waals surface area contributed by atoms with Crippen LogP contribution in [0.4, 0.5) is 22.0 Å². The molecule has 0 radical (unpaired) electrons. The number of hydrogen-bond acceptors (Lipinski definition) is 9. The second-order valence-corrected chi connectivity index (χ2v) is 15.8. The van der Waals surface area contributed by atoms with Gasteiger partial charge in [-0.3, -0.25) is 0 Å². The molecule has 11 nitrogen and oxygen atoms in total. The van der Waals surface area contributed by atoms with Crippen LogP contribution in [0.5, 0.6) is 0 Å². The van der Waals surface area contributed by atoms with E-state index in [-0.39, 0.29) is 16.9 Å². The smallest absolute Gasteiger partial charge is 0.200 e. The van der Waals surface area contributed by atoms with Gasteiger partial charge >= 0.3 is 0 Å². The van der Waals surface area contributed by atoms with Gasteiger partial charge in [-0.15, -0.1) is 0 Å². The fourth-order valence-electron chi connectivity index (χ4n) is 8.99. The molecule has 0 aliphatic carbocycles. The number of benzene rings is 6. The lowest BCUT2D eigenvalue weighted by Crippen LogP contribution is -2.08. The minimum atomic E-state index is -2.31. The van der Waals surface area contributed by atoms with E-state index in [1.807, 2.05) is 24.3 Å². The molecular formula is C53H26F5N11. The van der Waals surface area contributed by atoms with Crippen molar-refractivity contribution in [1.29, 1.82) is 5.26 Å². The second-order valence-electron chi connectivity index (χ2n) is 15.8. The van der Waals surface area contributed by atoms with E-state index in [4.69, 9.17) is 0 Å². The van der Waals surface area contributed by atoms with Gasteiger partial charge in [-0.25, -0.2) is 61.8 Å². The van der Waals surface area contributed by atoms with Crippen molar-refractivity contribution in [2.45, 2.75) is 0 Å². The van der Waals surface area contributed by atoms with E-state index in [0.29, 0.717) is 89.2 Å². The molecule has 6 heterocycles.